The molecule has 1 aromatic heterocycles. The van der Waals surface area contributed by atoms with E-state index in [0.717, 1.165) is 31.5 Å². The molecular weight excluding hydrogens is 503 g/mol. The predicted octanol–water partition coefficient (Wildman–Crippen LogP) is 4.01. The molecule has 0 radical (unpaired) electrons. The van der Waals surface area contributed by atoms with Gasteiger partial charge in [-0.25, -0.2) is 9.97 Å². The number of aromatic nitrogens is 2. The molecule has 0 aliphatic carbocycles. The van der Waals surface area contributed by atoms with E-state index in [0.29, 0.717) is 52.0 Å². The number of alkyl halides is 3. The molecular formula is C25H38F3N5O3Si. The number of rotatable bonds is 11. The number of halogens is 3. The fraction of sp³-hybridized carbons (Fsp3) is 0.640. The molecule has 0 bridgehead atoms. The molecule has 1 fully saturated rings. The molecule has 12 heteroatoms. The van der Waals surface area contributed by atoms with Crippen LogP contribution in [0.3, 0.4) is 0 Å². The summed E-state index contributed by atoms with van der Waals surface area (Å²) in [7, 11) is -1.10. The van der Waals surface area contributed by atoms with E-state index in [-0.39, 0.29) is 11.9 Å². The zero-order chi connectivity index (χ0) is 27.1. The highest BCUT2D eigenvalue weighted by Gasteiger charge is 2.32. The van der Waals surface area contributed by atoms with E-state index in [2.05, 4.69) is 47.6 Å². The van der Waals surface area contributed by atoms with Gasteiger partial charge in [-0.15, -0.1) is 0 Å². The minimum atomic E-state index is -4.47. The fourth-order valence-electron chi connectivity index (χ4n) is 4.13. The van der Waals surface area contributed by atoms with Gasteiger partial charge in [-0.05, 0) is 25.6 Å². The molecule has 2 aliphatic heterocycles. The molecule has 1 amide bonds. The number of piperazine rings is 1. The number of carbonyl (C=O) groups excluding carboxylic acids is 1. The maximum absolute atomic E-state index is 12.7. The van der Waals surface area contributed by atoms with Gasteiger partial charge in [0.05, 0.1) is 31.0 Å². The van der Waals surface area contributed by atoms with E-state index >= 15 is 0 Å². The summed E-state index contributed by atoms with van der Waals surface area (Å²) in [6.07, 6.45) is 3.08. The van der Waals surface area contributed by atoms with Crippen LogP contribution in [0.4, 0.5) is 19.1 Å². The summed E-state index contributed by atoms with van der Waals surface area (Å²) in [4.78, 5) is 25.8. The van der Waals surface area contributed by atoms with E-state index in [9.17, 15) is 18.0 Å². The monoisotopic (exact) mass is 541 g/mol. The van der Waals surface area contributed by atoms with Crippen LogP contribution in [0.5, 0.6) is 0 Å². The van der Waals surface area contributed by atoms with Gasteiger partial charge in [0.2, 0.25) is 11.9 Å². The molecule has 1 unspecified atom stereocenters. The summed E-state index contributed by atoms with van der Waals surface area (Å²) >= 11 is 0. The van der Waals surface area contributed by atoms with Crippen LogP contribution in [0.15, 0.2) is 36.5 Å². The van der Waals surface area contributed by atoms with Crippen molar-refractivity contribution in [3.05, 3.63) is 42.1 Å². The molecule has 0 N–H and O–H groups in total. The van der Waals surface area contributed by atoms with Crippen molar-refractivity contribution < 1.29 is 27.4 Å². The summed E-state index contributed by atoms with van der Waals surface area (Å²) in [5, 5.41) is 0. The van der Waals surface area contributed by atoms with Crippen LogP contribution in [0.1, 0.15) is 18.9 Å². The molecule has 1 saturated heterocycles. The zero-order valence-electron chi connectivity index (χ0n) is 22.1. The van der Waals surface area contributed by atoms with Crippen molar-refractivity contribution in [2.24, 2.45) is 0 Å². The van der Waals surface area contributed by atoms with Gasteiger partial charge in [0.15, 0.2) is 0 Å². The van der Waals surface area contributed by atoms with Crippen LogP contribution in [-0.2, 0) is 20.4 Å². The van der Waals surface area contributed by atoms with Crippen molar-refractivity contribution in [1.29, 1.82) is 0 Å². The first-order chi connectivity index (χ1) is 17.4. The highest BCUT2D eigenvalue weighted by atomic mass is 28.3. The van der Waals surface area contributed by atoms with E-state index in [1.807, 2.05) is 0 Å². The van der Waals surface area contributed by atoms with Gasteiger partial charge in [0.25, 0.3) is 0 Å². The smallest absolute Gasteiger partial charge is 0.419 e. The summed E-state index contributed by atoms with van der Waals surface area (Å²) in [5.74, 6) is 0.0588. The molecule has 8 nitrogen and oxygen atoms in total. The van der Waals surface area contributed by atoms with Crippen LogP contribution >= 0.6 is 0 Å². The summed E-state index contributed by atoms with van der Waals surface area (Å²) in [5.41, 5.74) is 0.442. The summed E-state index contributed by atoms with van der Waals surface area (Å²) < 4.78 is 49.6. The first-order valence-electron chi connectivity index (χ1n) is 12.6. The largest absolute Gasteiger partial charge is 0.499 e. The third-order valence-corrected chi connectivity index (χ3v) is 8.04. The third-order valence-electron chi connectivity index (χ3n) is 6.33. The van der Waals surface area contributed by atoms with Crippen LogP contribution in [0.25, 0.3) is 0 Å². The lowest BCUT2D eigenvalue weighted by Crippen LogP contribution is -2.48. The van der Waals surface area contributed by atoms with Crippen molar-refractivity contribution in [3.8, 4) is 0 Å². The number of carbonyl (C=O) groups is 1. The van der Waals surface area contributed by atoms with E-state index < -0.39 is 19.8 Å². The lowest BCUT2D eigenvalue weighted by molar-refractivity contribution is -0.138. The van der Waals surface area contributed by atoms with Gasteiger partial charge in [0.1, 0.15) is 6.61 Å². The van der Waals surface area contributed by atoms with Crippen molar-refractivity contribution in [3.63, 3.8) is 0 Å². The molecule has 0 saturated carbocycles. The second-order valence-corrected chi connectivity index (χ2v) is 16.3. The third kappa shape index (κ3) is 9.33. The molecule has 3 heterocycles. The topological polar surface area (TPSA) is 71.0 Å². The molecule has 3 rings (SSSR count). The highest BCUT2D eigenvalue weighted by Crippen LogP contribution is 2.28. The van der Waals surface area contributed by atoms with Crippen molar-refractivity contribution in [2.45, 2.75) is 51.2 Å². The highest BCUT2D eigenvalue weighted by molar-refractivity contribution is 6.76. The normalized spacial score (nSPS) is 19.1. The Kier molecular flexibility index (Phi) is 9.99. The minimum Gasteiger partial charge on any atom is -0.499 e. The Labute approximate surface area is 218 Å². The zero-order valence-corrected chi connectivity index (χ0v) is 23.1. The SMILES string of the molecule is CC1=CN(CCO/C=C/C(=O)N2CCN(c3ncc(C(F)(F)F)cn3)CC2)C(COCC[Si](C)(C)C)C1. The maximum Gasteiger partial charge on any atom is 0.419 e. The van der Waals surface area contributed by atoms with Crippen LogP contribution in [-0.4, -0.2) is 92.3 Å². The summed E-state index contributed by atoms with van der Waals surface area (Å²) in [6.45, 7) is 13.6. The van der Waals surface area contributed by atoms with Gasteiger partial charge in [0, 0.05) is 59.3 Å². The quantitative estimate of drug-likeness (QED) is 0.181. The van der Waals surface area contributed by atoms with Crippen molar-refractivity contribution in [2.75, 3.05) is 57.4 Å². The minimum absolute atomic E-state index is 0.168. The second kappa shape index (κ2) is 12.8. The molecule has 37 heavy (non-hydrogen) atoms. The summed E-state index contributed by atoms with van der Waals surface area (Å²) in [6, 6.07) is 1.48. The van der Waals surface area contributed by atoms with Crippen molar-refractivity contribution in [1.82, 2.24) is 19.8 Å². The molecule has 0 spiro atoms. The Morgan fingerprint density at radius 2 is 1.81 bits per heavy atom. The first kappa shape index (κ1) is 29.0. The van der Waals surface area contributed by atoms with Crippen molar-refractivity contribution >= 4 is 19.9 Å². The van der Waals surface area contributed by atoms with Crippen LogP contribution in [0.2, 0.25) is 25.7 Å². The number of nitrogens with zero attached hydrogens (tertiary/aromatic N) is 5. The lowest BCUT2D eigenvalue weighted by Gasteiger charge is -2.34. The van der Waals surface area contributed by atoms with Gasteiger partial charge in [-0.1, -0.05) is 25.2 Å². The fourth-order valence-corrected chi connectivity index (χ4v) is 4.88. The Morgan fingerprint density at radius 3 is 2.43 bits per heavy atom. The molecule has 206 valence electrons. The van der Waals surface area contributed by atoms with Gasteiger partial charge >= 0.3 is 6.18 Å². The van der Waals surface area contributed by atoms with Crippen LogP contribution < -0.4 is 4.90 Å². The lowest BCUT2D eigenvalue weighted by atomic mass is 10.2. The van der Waals surface area contributed by atoms with E-state index in [4.69, 9.17) is 9.47 Å². The number of ether oxygens (including phenoxy) is 2. The number of amides is 1. The molecule has 1 aromatic rings. The predicted molar refractivity (Wildman–Crippen MR) is 139 cm³/mol. The standard InChI is InChI=1S/C25H38F3N5O3Si/c1-20-15-22(19-36-13-14-37(2,3)4)33(18-20)10-12-35-11-5-23(34)31-6-8-32(9-7-31)24-29-16-21(17-30-24)25(26,27)28/h5,11,16-18,22H,6-10,12-15,19H2,1-4H3/b11-5+. The Balaban J connectivity index is 1.34. The number of anilines is 1. The van der Waals surface area contributed by atoms with Gasteiger partial charge < -0.3 is 24.2 Å². The Morgan fingerprint density at radius 1 is 1.14 bits per heavy atom. The number of hydrogen-bond acceptors (Lipinski definition) is 7. The average Bonchev–Trinajstić information content (AvgIpc) is 3.19. The van der Waals surface area contributed by atoms with Gasteiger partial charge in [-0.2, -0.15) is 13.2 Å². The molecule has 2 aliphatic rings. The number of hydrogen-bond donors (Lipinski definition) is 0. The average molecular weight is 542 g/mol. The van der Waals surface area contributed by atoms with Gasteiger partial charge in [-0.3, -0.25) is 4.79 Å². The van der Waals surface area contributed by atoms with E-state index in [1.165, 1.54) is 17.9 Å². The van der Waals surface area contributed by atoms with E-state index in [1.54, 1.807) is 9.80 Å². The second-order valence-electron chi connectivity index (χ2n) is 10.7. The maximum atomic E-state index is 12.7. The molecule has 0 aromatic carbocycles. The molecule has 1 atom stereocenters. The Hall–Kier alpha value is -2.60. The first-order valence-corrected chi connectivity index (χ1v) is 16.3. The van der Waals surface area contributed by atoms with Crippen LogP contribution in [0, 0.1) is 0 Å². The Bertz CT molecular complexity index is 942.